The van der Waals surface area contributed by atoms with Crippen molar-refractivity contribution in [2.75, 3.05) is 0 Å². The highest BCUT2D eigenvalue weighted by molar-refractivity contribution is 5.62. The Bertz CT molecular complexity index is 1010. The van der Waals surface area contributed by atoms with Crippen LogP contribution < -0.4 is 0 Å². The van der Waals surface area contributed by atoms with Gasteiger partial charge in [-0.2, -0.15) is 4.68 Å². The van der Waals surface area contributed by atoms with Gasteiger partial charge in [0.25, 0.3) is 0 Å². The summed E-state index contributed by atoms with van der Waals surface area (Å²) in [6.45, 7) is 3.99. The molecule has 2 heterocycles. The minimum Gasteiger partial charge on any atom is -0.236 e. The minimum atomic E-state index is 0.626. The third-order valence-electron chi connectivity index (χ3n) is 4.00. The van der Waals surface area contributed by atoms with E-state index in [0.29, 0.717) is 11.6 Å². The molecule has 2 aromatic heterocycles. The maximum absolute atomic E-state index is 4.63. The Balaban J connectivity index is 1.76. The lowest BCUT2D eigenvalue weighted by Crippen LogP contribution is -2.03. The van der Waals surface area contributed by atoms with Crippen molar-refractivity contribution in [1.82, 2.24) is 30.2 Å². The normalized spacial score (nSPS) is 10.8. The summed E-state index contributed by atoms with van der Waals surface area (Å²) in [5, 5.41) is 12.1. The Morgan fingerprint density at radius 3 is 2.36 bits per heavy atom. The zero-order valence-electron chi connectivity index (χ0n) is 14.0. The number of tetrazole rings is 1. The van der Waals surface area contributed by atoms with Crippen molar-refractivity contribution in [2.24, 2.45) is 0 Å². The lowest BCUT2D eigenvalue weighted by Gasteiger charge is -2.08. The Kier molecular flexibility index (Phi) is 3.78. The Hall–Kier alpha value is -3.41. The van der Waals surface area contributed by atoms with Gasteiger partial charge in [0.1, 0.15) is 0 Å². The van der Waals surface area contributed by atoms with Gasteiger partial charge < -0.3 is 0 Å². The highest BCUT2D eigenvalue weighted by Gasteiger charge is 2.15. The van der Waals surface area contributed by atoms with Crippen LogP contribution in [0.15, 0.2) is 60.8 Å². The molecule has 0 aliphatic carbocycles. The van der Waals surface area contributed by atoms with Gasteiger partial charge in [-0.25, -0.2) is 9.97 Å². The number of nitrogens with zero attached hydrogens (tertiary/aromatic N) is 6. The molecule has 0 radical (unpaired) electrons. The summed E-state index contributed by atoms with van der Waals surface area (Å²) in [6.07, 6.45) is 1.78. The van der Waals surface area contributed by atoms with Gasteiger partial charge in [-0.1, -0.05) is 48.0 Å². The molecule has 0 bridgehead atoms. The SMILES string of the molecule is Cc1ccc(-n2nnnc2-c2cnc(-c3ccccc3)nc2C)cc1. The van der Waals surface area contributed by atoms with Gasteiger partial charge in [-0.15, -0.1) is 5.10 Å². The van der Waals surface area contributed by atoms with Crippen LogP contribution in [0, 0.1) is 13.8 Å². The van der Waals surface area contributed by atoms with Crippen LogP contribution >= 0.6 is 0 Å². The van der Waals surface area contributed by atoms with Crippen LogP contribution in [0.3, 0.4) is 0 Å². The van der Waals surface area contributed by atoms with Crippen molar-refractivity contribution < 1.29 is 0 Å². The van der Waals surface area contributed by atoms with Crippen molar-refractivity contribution in [3.05, 3.63) is 72.1 Å². The summed E-state index contributed by atoms with van der Waals surface area (Å²) >= 11 is 0. The molecule has 0 fully saturated rings. The summed E-state index contributed by atoms with van der Waals surface area (Å²) in [6, 6.07) is 17.9. The van der Waals surface area contributed by atoms with Crippen LogP contribution in [-0.2, 0) is 0 Å². The quantitative estimate of drug-likeness (QED) is 0.576. The molecule has 0 unspecified atom stereocenters. The zero-order chi connectivity index (χ0) is 17.2. The van der Waals surface area contributed by atoms with E-state index in [4.69, 9.17) is 0 Å². The summed E-state index contributed by atoms with van der Waals surface area (Å²) in [5.74, 6) is 1.32. The van der Waals surface area contributed by atoms with Crippen molar-refractivity contribution in [3.8, 4) is 28.5 Å². The summed E-state index contributed by atoms with van der Waals surface area (Å²) in [5.41, 5.74) is 4.71. The topological polar surface area (TPSA) is 69.4 Å². The summed E-state index contributed by atoms with van der Waals surface area (Å²) in [7, 11) is 0. The molecule has 122 valence electrons. The molecule has 2 aromatic carbocycles. The first-order chi connectivity index (χ1) is 12.2. The molecule has 25 heavy (non-hydrogen) atoms. The standard InChI is InChI=1S/C19H16N6/c1-13-8-10-16(11-9-13)25-19(22-23-24-25)17-12-20-18(21-14(17)2)15-6-4-3-5-7-15/h3-12H,1-2H3. The lowest BCUT2D eigenvalue weighted by molar-refractivity contribution is 0.790. The van der Waals surface area contributed by atoms with Gasteiger partial charge in [-0.3, -0.25) is 0 Å². The van der Waals surface area contributed by atoms with E-state index in [9.17, 15) is 0 Å². The molecule has 6 nitrogen and oxygen atoms in total. The van der Waals surface area contributed by atoms with E-state index in [1.807, 2.05) is 68.4 Å². The molecule has 0 aliphatic rings. The third-order valence-corrected chi connectivity index (χ3v) is 4.00. The Morgan fingerprint density at radius 2 is 1.64 bits per heavy atom. The van der Waals surface area contributed by atoms with Gasteiger partial charge in [0, 0.05) is 11.8 Å². The number of hydrogen-bond acceptors (Lipinski definition) is 5. The largest absolute Gasteiger partial charge is 0.236 e. The number of aryl methyl sites for hydroxylation is 2. The Morgan fingerprint density at radius 1 is 0.880 bits per heavy atom. The average Bonchev–Trinajstić information content (AvgIpc) is 3.12. The highest BCUT2D eigenvalue weighted by atomic mass is 15.5. The maximum atomic E-state index is 4.63. The molecule has 6 heteroatoms. The first-order valence-electron chi connectivity index (χ1n) is 7.97. The smallest absolute Gasteiger partial charge is 0.190 e. The van der Waals surface area contributed by atoms with Crippen molar-refractivity contribution >= 4 is 0 Å². The number of hydrogen-bond donors (Lipinski definition) is 0. The molecule has 0 N–H and O–H groups in total. The molecular weight excluding hydrogens is 312 g/mol. The minimum absolute atomic E-state index is 0.626. The van der Waals surface area contributed by atoms with E-state index in [0.717, 1.165) is 22.5 Å². The molecule has 0 saturated heterocycles. The fraction of sp³-hybridized carbons (Fsp3) is 0.105. The molecule has 0 atom stereocenters. The second-order valence-electron chi connectivity index (χ2n) is 5.81. The van der Waals surface area contributed by atoms with Crippen LogP contribution in [0.2, 0.25) is 0 Å². The second-order valence-corrected chi connectivity index (χ2v) is 5.81. The van der Waals surface area contributed by atoms with E-state index in [1.54, 1.807) is 10.9 Å². The predicted molar refractivity (Wildman–Crippen MR) is 95.1 cm³/mol. The van der Waals surface area contributed by atoms with E-state index >= 15 is 0 Å². The van der Waals surface area contributed by atoms with E-state index in [1.165, 1.54) is 5.56 Å². The van der Waals surface area contributed by atoms with Crippen LogP contribution in [0.25, 0.3) is 28.5 Å². The molecule has 4 rings (SSSR count). The highest BCUT2D eigenvalue weighted by Crippen LogP contribution is 2.23. The van der Waals surface area contributed by atoms with Crippen LogP contribution in [0.1, 0.15) is 11.3 Å². The molecular formula is C19H16N6. The average molecular weight is 328 g/mol. The van der Waals surface area contributed by atoms with Crippen LogP contribution in [0.4, 0.5) is 0 Å². The fourth-order valence-electron chi connectivity index (χ4n) is 2.63. The number of aromatic nitrogens is 6. The number of rotatable bonds is 3. The van der Waals surface area contributed by atoms with Crippen molar-refractivity contribution in [2.45, 2.75) is 13.8 Å². The molecule has 0 amide bonds. The van der Waals surface area contributed by atoms with Gasteiger partial charge in [0.05, 0.1) is 16.9 Å². The Labute approximate surface area is 145 Å². The lowest BCUT2D eigenvalue weighted by atomic mass is 10.1. The summed E-state index contributed by atoms with van der Waals surface area (Å²) < 4.78 is 1.70. The van der Waals surface area contributed by atoms with Crippen molar-refractivity contribution in [3.63, 3.8) is 0 Å². The monoisotopic (exact) mass is 328 g/mol. The first kappa shape index (κ1) is 15.1. The van der Waals surface area contributed by atoms with Gasteiger partial charge in [-0.05, 0) is 36.4 Å². The first-order valence-corrected chi connectivity index (χ1v) is 7.97. The third kappa shape index (κ3) is 2.89. The van der Waals surface area contributed by atoms with Crippen molar-refractivity contribution in [1.29, 1.82) is 0 Å². The van der Waals surface area contributed by atoms with E-state index < -0.39 is 0 Å². The number of benzene rings is 2. The summed E-state index contributed by atoms with van der Waals surface area (Å²) in [4.78, 5) is 9.12. The predicted octanol–water partition coefficient (Wildman–Crippen LogP) is 3.40. The van der Waals surface area contributed by atoms with Gasteiger partial charge in [0.15, 0.2) is 11.6 Å². The van der Waals surface area contributed by atoms with Gasteiger partial charge in [0.2, 0.25) is 0 Å². The maximum Gasteiger partial charge on any atom is 0.190 e. The van der Waals surface area contributed by atoms with Crippen LogP contribution in [0.5, 0.6) is 0 Å². The molecule has 0 aliphatic heterocycles. The van der Waals surface area contributed by atoms with Gasteiger partial charge >= 0.3 is 0 Å². The zero-order valence-corrected chi connectivity index (χ0v) is 14.0. The molecule has 4 aromatic rings. The molecule has 0 spiro atoms. The van der Waals surface area contributed by atoms with E-state index in [-0.39, 0.29) is 0 Å². The van der Waals surface area contributed by atoms with E-state index in [2.05, 4.69) is 25.5 Å². The second kappa shape index (κ2) is 6.24. The van der Waals surface area contributed by atoms with Crippen LogP contribution in [-0.4, -0.2) is 30.2 Å². The fourth-order valence-corrected chi connectivity index (χ4v) is 2.63. The molecule has 0 saturated carbocycles.